The van der Waals surface area contributed by atoms with E-state index in [9.17, 15) is 4.79 Å². The standard InChI is InChI=1S/C26H20O2/c27-26(28-19-23-14-8-13-21-11-4-7-16-25(21)23)18-17-22-12-5-6-15-24(22)20-9-2-1-3-10-20/h1-18H,19H2. The van der Waals surface area contributed by atoms with Crippen molar-refractivity contribution in [3.05, 3.63) is 114 Å². The van der Waals surface area contributed by atoms with E-state index in [1.54, 1.807) is 0 Å². The van der Waals surface area contributed by atoms with Crippen molar-refractivity contribution in [3.63, 3.8) is 0 Å². The molecule has 2 nitrogen and oxygen atoms in total. The van der Waals surface area contributed by atoms with E-state index in [4.69, 9.17) is 4.74 Å². The van der Waals surface area contributed by atoms with Gasteiger partial charge in [-0.2, -0.15) is 0 Å². The molecule has 0 N–H and O–H groups in total. The predicted octanol–water partition coefficient (Wildman–Crippen LogP) is 6.26. The molecular formula is C26H20O2. The maximum atomic E-state index is 12.3. The van der Waals surface area contributed by atoms with E-state index in [0.29, 0.717) is 0 Å². The smallest absolute Gasteiger partial charge is 0.331 e. The zero-order valence-corrected chi connectivity index (χ0v) is 15.4. The van der Waals surface area contributed by atoms with Gasteiger partial charge in [0.1, 0.15) is 6.61 Å². The van der Waals surface area contributed by atoms with E-state index in [0.717, 1.165) is 33.0 Å². The molecule has 0 fully saturated rings. The third-order valence-corrected chi connectivity index (χ3v) is 4.69. The normalized spacial score (nSPS) is 11.0. The number of carbonyl (C=O) groups excluding carboxylic acids is 1. The van der Waals surface area contributed by atoms with Crippen LogP contribution < -0.4 is 0 Å². The number of hydrogen-bond acceptors (Lipinski definition) is 2. The van der Waals surface area contributed by atoms with Crippen LogP contribution in [0.5, 0.6) is 0 Å². The number of carbonyl (C=O) groups is 1. The molecule has 2 heteroatoms. The summed E-state index contributed by atoms with van der Waals surface area (Å²) in [6.45, 7) is 0.255. The first kappa shape index (κ1) is 17.7. The molecule has 0 unspecified atom stereocenters. The van der Waals surface area contributed by atoms with Gasteiger partial charge in [0.2, 0.25) is 0 Å². The Morgan fingerprint density at radius 2 is 1.46 bits per heavy atom. The Morgan fingerprint density at radius 1 is 0.750 bits per heavy atom. The molecule has 0 atom stereocenters. The van der Waals surface area contributed by atoms with Crippen molar-refractivity contribution in [1.82, 2.24) is 0 Å². The molecule has 0 amide bonds. The Balaban J connectivity index is 1.48. The largest absolute Gasteiger partial charge is 0.458 e. The maximum absolute atomic E-state index is 12.3. The van der Waals surface area contributed by atoms with Crippen molar-refractivity contribution in [2.45, 2.75) is 6.61 Å². The topological polar surface area (TPSA) is 26.3 Å². The molecule has 4 rings (SSSR count). The molecule has 0 radical (unpaired) electrons. The molecule has 0 aliphatic carbocycles. The van der Waals surface area contributed by atoms with E-state index in [2.05, 4.69) is 30.3 Å². The van der Waals surface area contributed by atoms with Crippen LogP contribution in [0, 0.1) is 0 Å². The lowest BCUT2D eigenvalue weighted by atomic mass is 9.99. The van der Waals surface area contributed by atoms with Gasteiger partial charge < -0.3 is 4.74 Å². The minimum atomic E-state index is -0.351. The van der Waals surface area contributed by atoms with E-state index >= 15 is 0 Å². The molecule has 0 bridgehead atoms. The molecule has 0 aliphatic rings. The Hall–Kier alpha value is -3.65. The minimum Gasteiger partial charge on any atom is -0.458 e. The summed E-state index contributed by atoms with van der Waals surface area (Å²) >= 11 is 0. The fourth-order valence-electron chi connectivity index (χ4n) is 3.30. The van der Waals surface area contributed by atoms with Crippen molar-refractivity contribution in [2.75, 3.05) is 0 Å². The van der Waals surface area contributed by atoms with Crippen molar-refractivity contribution >= 4 is 22.8 Å². The highest BCUT2D eigenvalue weighted by Gasteiger charge is 2.05. The van der Waals surface area contributed by atoms with Gasteiger partial charge in [0, 0.05) is 6.08 Å². The SMILES string of the molecule is O=C(C=Cc1ccccc1-c1ccccc1)OCc1cccc2ccccc12. The van der Waals surface area contributed by atoms with Gasteiger partial charge in [-0.3, -0.25) is 0 Å². The lowest BCUT2D eigenvalue weighted by Gasteiger charge is -2.07. The zero-order valence-electron chi connectivity index (χ0n) is 15.4. The number of ether oxygens (including phenoxy) is 1. The van der Waals surface area contributed by atoms with Crippen molar-refractivity contribution in [2.24, 2.45) is 0 Å². The molecule has 28 heavy (non-hydrogen) atoms. The van der Waals surface area contributed by atoms with Crippen LogP contribution in [0.25, 0.3) is 28.0 Å². The second-order valence-corrected chi connectivity index (χ2v) is 6.53. The minimum absolute atomic E-state index is 0.255. The van der Waals surface area contributed by atoms with Gasteiger partial charge in [-0.1, -0.05) is 97.1 Å². The van der Waals surface area contributed by atoms with Gasteiger partial charge >= 0.3 is 5.97 Å². The molecule has 4 aromatic rings. The van der Waals surface area contributed by atoms with Crippen molar-refractivity contribution in [3.8, 4) is 11.1 Å². The van der Waals surface area contributed by atoms with Crippen LogP contribution in [0.3, 0.4) is 0 Å². The first-order valence-electron chi connectivity index (χ1n) is 9.27. The predicted molar refractivity (Wildman–Crippen MR) is 115 cm³/mol. The van der Waals surface area contributed by atoms with Gasteiger partial charge in [-0.05, 0) is 39.1 Å². The Labute approximate surface area is 164 Å². The highest BCUT2D eigenvalue weighted by Crippen LogP contribution is 2.24. The maximum Gasteiger partial charge on any atom is 0.331 e. The van der Waals surface area contributed by atoms with Crippen LogP contribution in [0.4, 0.5) is 0 Å². The van der Waals surface area contributed by atoms with Crippen molar-refractivity contribution < 1.29 is 9.53 Å². The Bertz CT molecular complexity index is 1120. The molecular weight excluding hydrogens is 344 g/mol. The number of benzene rings is 4. The van der Waals surface area contributed by atoms with Gasteiger partial charge in [-0.15, -0.1) is 0 Å². The summed E-state index contributed by atoms with van der Waals surface area (Å²) in [4.78, 5) is 12.3. The van der Waals surface area contributed by atoms with Crippen LogP contribution in [-0.4, -0.2) is 5.97 Å². The fourth-order valence-corrected chi connectivity index (χ4v) is 3.30. The van der Waals surface area contributed by atoms with Crippen LogP contribution in [-0.2, 0) is 16.1 Å². The van der Waals surface area contributed by atoms with E-state index in [1.165, 1.54) is 6.08 Å². The molecule has 0 aromatic heterocycles. The second-order valence-electron chi connectivity index (χ2n) is 6.53. The summed E-state index contributed by atoms with van der Waals surface area (Å²) < 4.78 is 5.48. The summed E-state index contributed by atoms with van der Waals surface area (Å²) in [5, 5.41) is 2.25. The highest BCUT2D eigenvalue weighted by molar-refractivity contribution is 5.90. The van der Waals surface area contributed by atoms with E-state index in [-0.39, 0.29) is 12.6 Å². The van der Waals surface area contributed by atoms with Gasteiger partial charge in [0.25, 0.3) is 0 Å². The van der Waals surface area contributed by atoms with Gasteiger partial charge in [0.15, 0.2) is 0 Å². The number of esters is 1. The summed E-state index contributed by atoms with van der Waals surface area (Å²) in [5.41, 5.74) is 4.19. The summed E-state index contributed by atoms with van der Waals surface area (Å²) in [5.74, 6) is -0.351. The quantitative estimate of drug-likeness (QED) is 0.308. The summed E-state index contributed by atoms with van der Waals surface area (Å²) in [6, 6.07) is 32.3. The van der Waals surface area contributed by atoms with E-state index in [1.807, 2.05) is 72.8 Å². The first-order valence-corrected chi connectivity index (χ1v) is 9.27. The first-order chi connectivity index (χ1) is 13.8. The lowest BCUT2D eigenvalue weighted by Crippen LogP contribution is -2.01. The number of fused-ring (bicyclic) bond motifs is 1. The zero-order chi connectivity index (χ0) is 19.2. The Kier molecular flexibility index (Phi) is 5.30. The van der Waals surface area contributed by atoms with Gasteiger partial charge in [-0.25, -0.2) is 4.79 Å². The molecule has 136 valence electrons. The summed E-state index contributed by atoms with van der Waals surface area (Å²) in [6.07, 6.45) is 3.31. The van der Waals surface area contributed by atoms with Crippen LogP contribution in [0.1, 0.15) is 11.1 Å². The van der Waals surface area contributed by atoms with Crippen molar-refractivity contribution in [1.29, 1.82) is 0 Å². The summed E-state index contributed by atoms with van der Waals surface area (Å²) in [7, 11) is 0. The third kappa shape index (κ3) is 4.02. The molecule has 0 heterocycles. The van der Waals surface area contributed by atoms with Gasteiger partial charge in [0.05, 0.1) is 0 Å². The fraction of sp³-hybridized carbons (Fsp3) is 0.0385. The molecule has 4 aromatic carbocycles. The average molecular weight is 364 g/mol. The molecule has 0 spiro atoms. The Morgan fingerprint density at radius 3 is 2.36 bits per heavy atom. The van der Waals surface area contributed by atoms with Crippen LogP contribution in [0.2, 0.25) is 0 Å². The molecule has 0 saturated carbocycles. The number of hydrogen-bond donors (Lipinski definition) is 0. The number of rotatable bonds is 5. The third-order valence-electron chi connectivity index (χ3n) is 4.69. The van der Waals surface area contributed by atoms with Crippen LogP contribution >= 0.6 is 0 Å². The molecule has 0 aliphatic heterocycles. The molecule has 0 saturated heterocycles. The average Bonchev–Trinajstić information content (AvgIpc) is 2.77. The lowest BCUT2D eigenvalue weighted by molar-refractivity contribution is -0.138. The monoisotopic (exact) mass is 364 g/mol. The second kappa shape index (κ2) is 8.36. The van der Waals surface area contributed by atoms with Crippen LogP contribution in [0.15, 0.2) is 103 Å². The van der Waals surface area contributed by atoms with E-state index < -0.39 is 0 Å². The highest BCUT2D eigenvalue weighted by atomic mass is 16.5.